The molecule has 38 nitrogen and oxygen atoms in total. The number of Topliss-reactive ketones (excluding diaryl/α,β-unsaturated/α-hetero) is 2. The van der Waals surface area contributed by atoms with Gasteiger partial charge in [-0.1, -0.05) is 64.2 Å². The van der Waals surface area contributed by atoms with Gasteiger partial charge in [0.25, 0.3) is 17.7 Å². The third-order valence-corrected chi connectivity index (χ3v) is 23.4. The number of alkyl carbamates (subject to hydrolysis) is 1. The number of anilines is 1. The predicted octanol–water partition coefficient (Wildman–Crippen LogP) is 5.98. The van der Waals surface area contributed by atoms with Crippen molar-refractivity contribution in [2.24, 2.45) is 35.3 Å². The van der Waals surface area contributed by atoms with Crippen molar-refractivity contribution in [2.75, 3.05) is 165 Å². The van der Waals surface area contributed by atoms with Gasteiger partial charge in [0, 0.05) is 100 Å². The van der Waals surface area contributed by atoms with Gasteiger partial charge in [0.1, 0.15) is 53.8 Å². The topological polar surface area (TPSA) is 497 Å². The normalized spacial score (nSPS) is 26.8. The number of carbonyl (C=O) groups is 6. The number of allylic oxidation sites excluding steroid dienone is 5. The zero-order chi connectivity index (χ0) is 92.5. The number of nitrogen functional groups attached to an aromatic ring is 1. The van der Waals surface area contributed by atoms with Crippen LogP contribution in [0.25, 0.3) is 33.4 Å². The molecule has 0 radical (unpaired) electrons. The van der Waals surface area contributed by atoms with Crippen LogP contribution in [0.5, 0.6) is 0 Å². The lowest BCUT2D eigenvalue weighted by Gasteiger charge is -2.42. The van der Waals surface area contributed by atoms with E-state index in [0.29, 0.717) is 198 Å². The molecule has 1 aliphatic carbocycles. The van der Waals surface area contributed by atoms with Crippen LogP contribution < -0.4 is 22.1 Å². The largest absolute Gasteiger partial charge is 0.459 e. The van der Waals surface area contributed by atoms with Crippen molar-refractivity contribution in [2.45, 2.75) is 205 Å². The number of aromatic nitrogens is 7. The molecule has 129 heavy (non-hydrogen) atoms. The number of hydrogen-bond donors (Lipinski definition) is 8. The van der Waals surface area contributed by atoms with Crippen LogP contribution in [0.4, 0.5) is 10.8 Å². The maximum atomic E-state index is 14.7. The van der Waals surface area contributed by atoms with E-state index in [1.54, 1.807) is 70.2 Å². The number of piperidine rings is 1. The van der Waals surface area contributed by atoms with Crippen LogP contribution in [-0.2, 0) is 108 Å². The van der Waals surface area contributed by atoms with Crippen LogP contribution in [0.3, 0.4) is 0 Å². The van der Waals surface area contributed by atoms with Gasteiger partial charge in [-0.2, -0.15) is 10.1 Å². The first-order valence-corrected chi connectivity index (χ1v) is 45.0. The molecule has 3 aliphatic heterocycles. The van der Waals surface area contributed by atoms with Gasteiger partial charge in [0.05, 0.1) is 175 Å². The molecule has 1 aromatic carbocycles. The number of ether oxygens (including phenoxy) is 15. The molecule has 38 heteroatoms. The highest BCUT2D eigenvalue weighted by molar-refractivity contribution is 6.39. The number of carbonyl (C=O) groups excluding carboxylic acids is 6. The molecule has 716 valence electrons. The highest BCUT2D eigenvalue weighted by atomic mass is 16.6. The number of aliphatic hydroxyl groups excluding tert-OH is 3. The van der Waals surface area contributed by atoms with E-state index in [9.17, 15) is 49.2 Å². The van der Waals surface area contributed by atoms with Gasteiger partial charge in [0.15, 0.2) is 17.0 Å². The van der Waals surface area contributed by atoms with Gasteiger partial charge in [-0.15, -0.1) is 0 Å². The highest BCUT2D eigenvalue weighted by Crippen LogP contribution is 2.39. The minimum Gasteiger partial charge on any atom is -0.459 e. The van der Waals surface area contributed by atoms with Gasteiger partial charge < -0.3 is 123 Å². The fraction of sp³-hybridized carbons (Fsp3) is 0.670. The summed E-state index contributed by atoms with van der Waals surface area (Å²) in [7, 11) is 3.07. The van der Waals surface area contributed by atoms with Gasteiger partial charge in [-0.3, -0.25) is 19.2 Å². The first-order valence-electron chi connectivity index (χ1n) is 45.0. The van der Waals surface area contributed by atoms with Crippen LogP contribution in [0.2, 0.25) is 0 Å². The van der Waals surface area contributed by atoms with Gasteiger partial charge >= 0.3 is 12.1 Å². The summed E-state index contributed by atoms with van der Waals surface area (Å²) < 4.78 is 93.1. The Bertz CT molecular complexity index is 4360. The third-order valence-electron chi connectivity index (χ3n) is 23.4. The average molecular weight is 1810 g/mol. The molecule has 3 fully saturated rings. The standard InChI is InChI=1S/C91H136N12O26/c1-59-14-10-9-11-15-60(2)76(114-7)51-68-20-17-64(6)91(113,129-68)85(109)87(110)102-25-13-12-16-72(102)88(111)126-77(52-73(104)61(3)47-63(5)83(107)84(108)82(106)62(4)46-59)70(92)48-65-18-21-75(78(49-65)115-8)128-90(112)95-24-27-117-29-31-119-33-35-121-37-39-123-41-43-125-45-44-124-42-40-122-38-36-120-34-32-118-30-28-116-26-23-80(105)98-56-79-96-53-66(54-97-79)57-103-86-69(55-94-58-99-86)81(101-103)67-19-22-74-71(50-67)100-89(93)127-74/h9-11,14-15,19,22,47,50,53-55,58-59,61-62,64-65,68,70,72-73,75-78,83-84,104,107-108,113H,12-13,16-18,20-21,23-46,48-49,51-52,56-57,92H2,1-8H3,(H2,93,100)(H,95,112)(H,98,105)/b11-9+,14-10+,60-15+,63-47+/t59-,61-,62-,64-,65+,68+,70-,72+,73-,75-,76+,77+,78-,83-,84+,91-/m1/s1. The maximum absolute atomic E-state index is 14.7. The summed E-state index contributed by atoms with van der Waals surface area (Å²) in [6.45, 7) is 18.4. The van der Waals surface area contributed by atoms with E-state index in [0.717, 1.165) is 27.0 Å². The van der Waals surface area contributed by atoms with Gasteiger partial charge in [-0.25, -0.2) is 34.2 Å². The van der Waals surface area contributed by atoms with E-state index < -0.39 is 114 Å². The third kappa shape index (κ3) is 33.9. The molecule has 4 aliphatic rings. The molecule has 3 amide bonds. The Morgan fingerprint density at radius 2 is 1.30 bits per heavy atom. The average Bonchev–Trinajstić information content (AvgIpc) is 1.61. The lowest BCUT2D eigenvalue weighted by molar-refractivity contribution is -0.265. The number of oxazole rings is 1. The zero-order valence-corrected chi connectivity index (χ0v) is 75.8. The van der Waals surface area contributed by atoms with Crippen LogP contribution in [0, 0.1) is 29.6 Å². The SMILES string of the molecule is CO[C@H]1C[C@@H]2CC[C@@H](C)[C@@](O)(O2)C(=O)C(=O)N2CCCC[C@H]2C(=O)O[C@H]([C@H](N)C[C@@H]2CC[C@@H](OC(=O)NCCOCCOCCOCCOCCOCCOCCOCCOCCOCCOCCC(=O)NCc3ncc(Cn4nc(-c5ccc6oc(N)nc6c5)c5cncnc54)cn3)[C@H](OC)C2)C[C@@H](O)[C@H](C)/C=C(\C)[C@@H](O)[C@@H](O)C(=O)[C@H](C)C[C@H](C)/C=C/C=C/C=C/1C. The number of nitrogens with two attached hydrogens (primary N) is 2. The Kier molecular flexibility index (Phi) is 44.9. The van der Waals surface area contributed by atoms with E-state index in [2.05, 4.69) is 35.6 Å². The Morgan fingerprint density at radius 3 is 1.93 bits per heavy atom. The van der Waals surface area contributed by atoms with Crippen LogP contribution in [-0.4, -0.2) is 322 Å². The number of methoxy groups -OCH3 is 2. The second-order valence-electron chi connectivity index (χ2n) is 33.2. The van der Waals surface area contributed by atoms with E-state index >= 15 is 0 Å². The lowest BCUT2D eigenvalue weighted by atomic mass is 9.80. The number of fused-ring (bicyclic) bond motifs is 5. The molecule has 2 bridgehead atoms. The van der Waals surface area contributed by atoms with Crippen LogP contribution in [0.15, 0.2) is 95.1 Å². The van der Waals surface area contributed by atoms with Crippen LogP contribution >= 0.6 is 0 Å². The summed E-state index contributed by atoms with van der Waals surface area (Å²) in [6.07, 6.45) is 13.0. The number of aliphatic hydroxyl groups is 4. The van der Waals surface area contributed by atoms with Crippen molar-refractivity contribution in [1.82, 2.24) is 50.2 Å². The van der Waals surface area contributed by atoms with E-state index in [4.69, 9.17) is 92.0 Å². The highest BCUT2D eigenvalue weighted by Gasteiger charge is 2.53. The summed E-state index contributed by atoms with van der Waals surface area (Å²) in [5, 5.41) is 57.7. The quantitative estimate of drug-likeness (QED) is 0.00961. The molecule has 5 aromatic rings. The van der Waals surface area contributed by atoms with Crippen molar-refractivity contribution in [3.63, 3.8) is 0 Å². The van der Waals surface area contributed by atoms with Crippen molar-refractivity contribution in [1.29, 1.82) is 0 Å². The predicted molar refractivity (Wildman–Crippen MR) is 471 cm³/mol. The maximum Gasteiger partial charge on any atom is 0.407 e. The van der Waals surface area contributed by atoms with Gasteiger partial charge in [0.2, 0.25) is 11.7 Å². The minimum atomic E-state index is -2.50. The lowest BCUT2D eigenvalue weighted by Crippen LogP contribution is -2.61. The summed E-state index contributed by atoms with van der Waals surface area (Å²) >= 11 is 0. The molecule has 2 saturated heterocycles. The Balaban J connectivity index is 0.560. The van der Waals surface area contributed by atoms with E-state index in [1.165, 1.54) is 13.4 Å². The number of cyclic esters (lactones) is 1. The summed E-state index contributed by atoms with van der Waals surface area (Å²) in [5.41, 5.74) is 18.0. The number of nitrogens with one attached hydrogen (secondary N) is 2. The van der Waals surface area contributed by atoms with Crippen molar-refractivity contribution < 1.29 is 125 Å². The Hall–Kier alpha value is -8.62. The summed E-state index contributed by atoms with van der Waals surface area (Å²) in [6, 6.07) is 3.46. The Labute approximate surface area is 753 Å². The minimum absolute atomic E-state index is 0.0145. The second kappa shape index (κ2) is 55.7. The molecule has 0 spiro atoms. The first-order chi connectivity index (χ1) is 62.3. The molecule has 9 rings (SSSR count). The van der Waals surface area contributed by atoms with Crippen LogP contribution in [0.1, 0.15) is 136 Å². The number of ketones is 2. The number of nitrogens with zero attached hydrogens (tertiary/aromatic N) is 8. The number of esters is 1. The number of amides is 3. The molecule has 10 N–H and O–H groups in total. The van der Waals surface area contributed by atoms with Crippen molar-refractivity contribution >= 4 is 63.6 Å². The molecule has 7 heterocycles. The van der Waals surface area contributed by atoms with Crippen molar-refractivity contribution in [3.8, 4) is 11.3 Å². The summed E-state index contributed by atoms with van der Waals surface area (Å²) in [5.74, 6) is -8.23. The molecular formula is C91H136N12O26. The molecule has 16 atom stereocenters. The molecular weight excluding hydrogens is 1680 g/mol. The second-order valence-corrected chi connectivity index (χ2v) is 33.2. The Morgan fingerprint density at radius 1 is 0.674 bits per heavy atom. The van der Waals surface area contributed by atoms with E-state index in [-0.39, 0.29) is 101 Å². The monoisotopic (exact) mass is 1810 g/mol. The number of rotatable bonds is 44. The number of hydrogen-bond acceptors (Lipinski definition) is 34. The fourth-order valence-corrected chi connectivity index (χ4v) is 15.9. The zero-order valence-electron chi connectivity index (χ0n) is 75.8. The van der Waals surface area contributed by atoms with Crippen molar-refractivity contribution in [3.05, 3.63) is 102 Å². The molecule has 0 unspecified atom stereocenters. The molecule has 4 aromatic heterocycles. The first kappa shape index (κ1) is 104. The van der Waals surface area contributed by atoms with E-state index in [1.807, 2.05) is 56.4 Å². The van der Waals surface area contributed by atoms with Gasteiger partial charge in [-0.05, 0) is 119 Å². The molecule has 1 saturated carbocycles. The fourth-order valence-electron chi connectivity index (χ4n) is 15.9. The number of benzene rings is 1. The summed E-state index contributed by atoms with van der Waals surface area (Å²) in [4.78, 5) is 106. The smallest absolute Gasteiger partial charge is 0.407 e.